The van der Waals surface area contributed by atoms with E-state index in [-0.39, 0.29) is 31.1 Å². The number of carbonyl (C=O) groups excluding carboxylic acids is 2. The van der Waals surface area contributed by atoms with E-state index in [1.165, 1.54) is 0 Å². The number of nitrogens with one attached hydrogen (secondary N) is 2. The predicted octanol–water partition coefficient (Wildman–Crippen LogP) is 2.88. The lowest BCUT2D eigenvalue weighted by atomic mass is 10.1. The van der Waals surface area contributed by atoms with Crippen molar-refractivity contribution < 1.29 is 19.1 Å². The molecular formula is C18H17IN2O4. The Kier molecular flexibility index (Phi) is 5.42. The molecule has 6 nitrogen and oxygen atoms in total. The zero-order chi connectivity index (χ0) is 17.8. The maximum atomic E-state index is 12.1. The van der Waals surface area contributed by atoms with Crippen LogP contribution in [0.3, 0.4) is 0 Å². The Morgan fingerprint density at radius 3 is 2.84 bits per heavy atom. The van der Waals surface area contributed by atoms with Gasteiger partial charge < -0.3 is 20.1 Å². The van der Waals surface area contributed by atoms with E-state index in [4.69, 9.17) is 9.47 Å². The summed E-state index contributed by atoms with van der Waals surface area (Å²) in [4.78, 5) is 23.5. The summed E-state index contributed by atoms with van der Waals surface area (Å²) < 4.78 is 11.9. The predicted molar refractivity (Wildman–Crippen MR) is 102 cm³/mol. The Bertz CT molecular complexity index is 792. The number of benzene rings is 2. The minimum Gasteiger partial charge on any atom is -0.484 e. The number of hydrogen-bond acceptors (Lipinski definition) is 4. The second-order valence-corrected chi connectivity index (χ2v) is 6.87. The average molecular weight is 452 g/mol. The third-order valence-electron chi connectivity index (χ3n) is 3.70. The van der Waals surface area contributed by atoms with E-state index in [1.54, 1.807) is 12.1 Å². The topological polar surface area (TPSA) is 76.7 Å². The van der Waals surface area contributed by atoms with E-state index in [2.05, 4.69) is 33.2 Å². The van der Waals surface area contributed by atoms with E-state index in [9.17, 15) is 9.59 Å². The zero-order valence-electron chi connectivity index (χ0n) is 13.5. The van der Waals surface area contributed by atoms with Gasteiger partial charge in [-0.25, -0.2) is 0 Å². The summed E-state index contributed by atoms with van der Waals surface area (Å²) in [6, 6.07) is 12.7. The second-order valence-electron chi connectivity index (χ2n) is 5.62. The molecule has 0 spiro atoms. The van der Waals surface area contributed by atoms with Crippen molar-refractivity contribution in [2.24, 2.45) is 0 Å². The van der Waals surface area contributed by atoms with Crippen LogP contribution < -0.4 is 20.1 Å². The van der Waals surface area contributed by atoms with Crippen molar-refractivity contribution in [2.45, 2.75) is 13.0 Å². The van der Waals surface area contributed by atoms with Crippen molar-refractivity contribution >= 4 is 40.1 Å². The van der Waals surface area contributed by atoms with Gasteiger partial charge in [-0.3, -0.25) is 9.59 Å². The number of hydrogen-bond donors (Lipinski definition) is 2. The molecule has 2 amide bonds. The monoisotopic (exact) mass is 452 g/mol. The number of carbonyl (C=O) groups is 2. The highest BCUT2D eigenvalue weighted by molar-refractivity contribution is 14.1. The molecule has 0 saturated carbocycles. The van der Waals surface area contributed by atoms with Crippen molar-refractivity contribution in [3.05, 3.63) is 51.6 Å². The van der Waals surface area contributed by atoms with Crippen LogP contribution >= 0.6 is 22.6 Å². The van der Waals surface area contributed by atoms with Gasteiger partial charge in [0.25, 0.3) is 11.8 Å². The number of ether oxygens (including phenoxy) is 2. The fraction of sp³-hybridized carbons (Fsp3) is 0.222. The number of fused-ring (bicyclic) bond motifs is 1. The molecular weight excluding hydrogens is 435 g/mol. The van der Waals surface area contributed by atoms with E-state index >= 15 is 0 Å². The van der Waals surface area contributed by atoms with Crippen LogP contribution in [0.15, 0.2) is 42.5 Å². The third kappa shape index (κ3) is 4.62. The lowest BCUT2D eigenvalue weighted by Gasteiger charge is -2.21. The van der Waals surface area contributed by atoms with E-state index in [1.807, 2.05) is 37.3 Å². The molecule has 0 radical (unpaired) electrons. The summed E-state index contributed by atoms with van der Waals surface area (Å²) >= 11 is 2.21. The molecule has 0 aromatic heterocycles. The summed E-state index contributed by atoms with van der Waals surface area (Å²) in [5.74, 6) is 0.872. The van der Waals surface area contributed by atoms with Gasteiger partial charge >= 0.3 is 0 Å². The van der Waals surface area contributed by atoms with E-state index < -0.39 is 0 Å². The first-order valence-electron chi connectivity index (χ1n) is 7.75. The molecule has 1 aliphatic rings. The van der Waals surface area contributed by atoms with Crippen molar-refractivity contribution in [1.29, 1.82) is 0 Å². The lowest BCUT2D eigenvalue weighted by Crippen LogP contribution is -2.31. The Hall–Kier alpha value is -2.29. The normalized spacial score (nSPS) is 13.9. The molecule has 2 aromatic rings. The zero-order valence-corrected chi connectivity index (χ0v) is 15.7. The number of halogens is 1. The van der Waals surface area contributed by atoms with Crippen LogP contribution in [-0.4, -0.2) is 25.0 Å². The average Bonchev–Trinajstić information content (AvgIpc) is 2.60. The van der Waals surface area contributed by atoms with Gasteiger partial charge in [-0.15, -0.1) is 0 Å². The molecule has 1 atom stereocenters. The van der Waals surface area contributed by atoms with Crippen LogP contribution in [0.4, 0.5) is 5.69 Å². The molecule has 130 valence electrons. The maximum absolute atomic E-state index is 12.1. The second kappa shape index (κ2) is 7.73. The van der Waals surface area contributed by atoms with Crippen molar-refractivity contribution in [3.63, 3.8) is 0 Å². The van der Waals surface area contributed by atoms with Crippen molar-refractivity contribution in [1.82, 2.24) is 5.32 Å². The summed E-state index contributed by atoms with van der Waals surface area (Å²) in [5.41, 5.74) is 1.48. The molecule has 1 heterocycles. The molecule has 1 aliphatic heterocycles. The van der Waals surface area contributed by atoms with Crippen LogP contribution in [0.1, 0.15) is 18.5 Å². The fourth-order valence-corrected chi connectivity index (χ4v) is 2.78. The maximum Gasteiger partial charge on any atom is 0.262 e. The van der Waals surface area contributed by atoms with Crippen LogP contribution in [0.2, 0.25) is 0 Å². The standard InChI is InChI=1S/C18H17IN2O4/c1-11(12-2-7-16-15(8-12)21-18(23)10-25-16)20-17(22)9-24-14-5-3-13(19)4-6-14/h2-8,11H,9-10H2,1H3,(H,20,22)(H,21,23). The Labute approximate surface area is 159 Å². The van der Waals surface area contributed by atoms with E-state index in [0.717, 1.165) is 9.13 Å². The highest BCUT2D eigenvalue weighted by Crippen LogP contribution is 2.30. The van der Waals surface area contributed by atoms with Crippen LogP contribution in [-0.2, 0) is 9.59 Å². The van der Waals surface area contributed by atoms with Crippen molar-refractivity contribution in [2.75, 3.05) is 18.5 Å². The third-order valence-corrected chi connectivity index (χ3v) is 4.42. The van der Waals surface area contributed by atoms with E-state index in [0.29, 0.717) is 17.2 Å². The minimum absolute atomic E-state index is 0.0223. The summed E-state index contributed by atoms with van der Waals surface area (Å²) in [5, 5.41) is 5.63. The molecule has 3 rings (SSSR count). The van der Waals surface area contributed by atoms with Crippen LogP contribution in [0.25, 0.3) is 0 Å². The van der Waals surface area contributed by atoms with Gasteiger partial charge in [0.05, 0.1) is 11.7 Å². The van der Waals surface area contributed by atoms with Crippen LogP contribution in [0.5, 0.6) is 11.5 Å². The first-order chi connectivity index (χ1) is 12.0. The Morgan fingerprint density at radius 2 is 2.08 bits per heavy atom. The minimum atomic E-state index is -0.225. The molecule has 25 heavy (non-hydrogen) atoms. The molecule has 2 aromatic carbocycles. The summed E-state index contributed by atoms with van der Waals surface area (Å²) in [6.45, 7) is 1.83. The Morgan fingerprint density at radius 1 is 1.32 bits per heavy atom. The van der Waals surface area contributed by atoms with Gasteiger partial charge in [-0.2, -0.15) is 0 Å². The molecule has 0 fully saturated rings. The molecule has 1 unspecified atom stereocenters. The molecule has 0 bridgehead atoms. The summed E-state index contributed by atoms with van der Waals surface area (Å²) in [7, 11) is 0. The quantitative estimate of drug-likeness (QED) is 0.685. The van der Waals surface area contributed by atoms with Gasteiger partial charge in [0.15, 0.2) is 13.2 Å². The van der Waals surface area contributed by atoms with Gasteiger partial charge in [-0.05, 0) is 71.5 Å². The Balaban J connectivity index is 1.57. The summed E-state index contributed by atoms with van der Waals surface area (Å²) in [6.07, 6.45) is 0. The molecule has 7 heteroatoms. The highest BCUT2D eigenvalue weighted by atomic mass is 127. The number of rotatable bonds is 5. The van der Waals surface area contributed by atoms with Gasteiger partial charge in [-0.1, -0.05) is 6.07 Å². The molecule has 0 aliphatic carbocycles. The molecule has 2 N–H and O–H groups in total. The van der Waals surface area contributed by atoms with Crippen molar-refractivity contribution in [3.8, 4) is 11.5 Å². The highest BCUT2D eigenvalue weighted by Gasteiger charge is 2.18. The first kappa shape index (κ1) is 17.5. The largest absolute Gasteiger partial charge is 0.484 e. The van der Waals surface area contributed by atoms with Gasteiger partial charge in [0.1, 0.15) is 11.5 Å². The first-order valence-corrected chi connectivity index (χ1v) is 8.83. The smallest absolute Gasteiger partial charge is 0.262 e. The molecule has 0 saturated heterocycles. The van der Waals surface area contributed by atoms with Crippen LogP contribution in [0, 0.1) is 3.57 Å². The lowest BCUT2D eigenvalue weighted by molar-refractivity contribution is -0.123. The number of amides is 2. The number of anilines is 1. The van der Waals surface area contributed by atoms with Gasteiger partial charge in [0.2, 0.25) is 0 Å². The van der Waals surface area contributed by atoms with Gasteiger partial charge in [0, 0.05) is 3.57 Å². The fourth-order valence-electron chi connectivity index (χ4n) is 2.42. The SMILES string of the molecule is CC(NC(=O)COc1ccc(I)cc1)c1ccc2c(c1)NC(=O)CO2.